The maximum Gasteiger partial charge on any atom is 0.200 e. The molecule has 17 heavy (non-hydrogen) atoms. The van der Waals surface area contributed by atoms with Gasteiger partial charge in [-0.15, -0.1) is 0 Å². The molecule has 0 aliphatic heterocycles. The van der Waals surface area contributed by atoms with Gasteiger partial charge in [-0.05, 0) is 25.5 Å². The molecule has 1 rings (SSSR count). The molecule has 1 aromatic carbocycles. The van der Waals surface area contributed by atoms with Crippen LogP contribution in [0.2, 0.25) is 0 Å². The predicted molar refractivity (Wildman–Crippen MR) is 64.1 cm³/mol. The molecule has 0 heterocycles. The maximum absolute atomic E-state index is 9.53. The minimum atomic E-state index is -0.502. The van der Waals surface area contributed by atoms with Crippen LogP contribution < -0.4 is 5.32 Å². The molecule has 1 atom stereocenters. The van der Waals surface area contributed by atoms with Gasteiger partial charge in [0.1, 0.15) is 0 Å². The Balaban J connectivity index is 2.45. The first-order chi connectivity index (χ1) is 8.06. The van der Waals surface area contributed by atoms with Crippen LogP contribution in [0.4, 0.5) is 0 Å². The number of rotatable bonds is 6. The topological polar surface area (TPSA) is 93.0 Å². The number of aliphatic hydroxyl groups excluding tert-OH is 1. The van der Waals surface area contributed by atoms with E-state index in [-0.39, 0.29) is 17.6 Å². The van der Waals surface area contributed by atoms with Crippen LogP contribution in [0.3, 0.4) is 0 Å². The summed E-state index contributed by atoms with van der Waals surface area (Å²) in [5.41, 5.74) is 0.506. The average molecular weight is 241 g/mol. The standard InChI is InChI=1S/C12H19NO4/c1-2-9(14)5-6-13-7-8-3-4-10(15)12(17)11(8)16/h3-4,9,13-17H,2,5-7H2,1H3. The lowest BCUT2D eigenvalue weighted by atomic mass is 10.1. The second kappa shape index (κ2) is 6.32. The van der Waals surface area contributed by atoms with Crippen molar-refractivity contribution in [2.24, 2.45) is 0 Å². The third-order valence-corrected chi connectivity index (χ3v) is 2.65. The van der Waals surface area contributed by atoms with Crippen LogP contribution in [-0.4, -0.2) is 33.1 Å². The summed E-state index contributed by atoms with van der Waals surface area (Å²) in [6.07, 6.45) is 1.04. The quantitative estimate of drug-likeness (QED) is 0.379. The fourth-order valence-corrected chi connectivity index (χ4v) is 1.45. The molecule has 5 heteroatoms. The Kier molecular flexibility index (Phi) is 5.06. The van der Waals surface area contributed by atoms with Crippen LogP contribution in [0, 0.1) is 0 Å². The zero-order valence-electron chi connectivity index (χ0n) is 9.85. The summed E-state index contributed by atoms with van der Waals surface area (Å²) in [5.74, 6) is -1.15. The molecule has 1 unspecified atom stereocenters. The van der Waals surface area contributed by atoms with E-state index in [0.29, 0.717) is 31.5 Å². The van der Waals surface area contributed by atoms with Gasteiger partial charge in [0.2, 0.25) is 5.75 Å². The number of nitrogens with one attached hydrogen (secondary N) is 1. The molecule has 0 aliphatic rings. The molecule has 0 spiro atoms. The van der Waals surface area contributed by atoms with Gasteiger partial charge in [0, 0.05) is 12.1 Å². The zero-order chi connectivity index (χ0) is 12.8. The predicted octanol–water partition coefficient (Wildman–Crippen LogP) is 1.05. The summed E-state index contributed by atoms with van der Waals surface area (Å²) in [6, 6.07) is 2.86. The number of hydrogen-bond donors (Lipinski definition) is 5. The van der Waals surface area contributed by atoms with E-state index in [1.807, 2.05) is 6.92 Å². The van der Waals surface area contributed by atoms with Crippen LogP contribution in [0.1, 0.15) is 25.3 Å². The molecule has 0 saturated carbocycles. The van der Waals surface area contributed by atoms with Crippen molar-refractivity contribution in [3.63, 3.8) is 0 Å². The molecule has 96 valence electrons. The fourth-order valence-electron chi connectivity index (χ4n) is 1.45. The second-order valence-corrected chi connectivity index (χ2v) is 3.97. The first kappa shape index (κ1) is 13.6. The lowest BCUT2D eigenvalue weighted by Gasteiger charge is -2.10. The van der Waals surface area contributed by atoms with Crippen molar-refractivity contribution in [3.05, 3.63) is 17.7 Å². The van der Waals surface area contributed by atoms with Crippen LogP contribution in [-0.2, 0) is 6.54 Å². The summed E-state index contributed by atoms with van der Waals surface area (Å²) in [6.45, 7) is 2.90. The van der Waals surface area contributed by atoms with Crippen LogP contribution in [0.5, 0.6) is 17.2 Å². The Labute approximate surface area is 100 Å². The normalized spacial score (nSPS) is 12.6. The van der Waals surface area contributed by atoms with E-state index in [1.165, 1.54) is 12.1 Å². The number of phenolic OH excluding ortho intramolecular Hbond substituents is 3. The first-order valence-electron chi connectivity index (χ1n) is 5.67. The minimum absolute atomic E-state index is 0.312. The summed E-state index contributed by atoms with van der Waals surface area (Å²) < 4.78 is 0. The molecule has 0 fully saturated rings. The van der Waals surface area contributed by atoms with Gasteiger partial charge in [-0.1, -0.05) is 13.0 Å². The molecular weight excluding hydrogens is 222 g/mol. The number of aromatic hydroxyl groups is 3. The third kappa shape index (κ3) is 3.80. The highest BCUT2D eigenvalue weighted by atomic mass is 16.3. The van der Waals surface area contributed by atoms with Gasteiger partial charge in [-0.2, -0.15) is 0 Å². The Morgan fingerprint density at radius 3 is 2.53 bits per heavy atom. The monoisotopic (exact) mass is 241 g/mol. The van der Waals surface area contributed by atoms with E-state index in [0.717, 1.165) is 0 Å². The van der Waals surface area contributed by atoms with Crippen molar-refractivity contribution >= 4 is 0 Å². The highest BCUT2D eigenvalue weighted by Gasteiger charge is 2.10. The van der Waals surface area contributed by atoms with Crippen molar-refractivity contribution in [1.82, 2.24) is 5.32 Å². The lowest BCUT2D eigenvalue weighted by molar-refractivity contribution is 0.159. The molecule has 5 N–H and O–H groups in total. The summed E-state index contributed by atoms with van der Waals surface area (Å²) in [5, 5.41) is 40.3. The highest BCUT2D eigenvalue weighted by Crippen LogP contribution is 2.36. The van der Waals surface area contributed by atoms with E-state index >= 15 is 0 Å². The maximum atomic E-state index is 9.53. The van der Waals surface area contributed by atoms with E-state index in [2.05, 4.69) is 5.32 Å². The minimum Gasteiger partial charge on any atom is -0.504 e. The van der Waals surface area contributed by atoms with Gasteiger partial charge in [0.25, 0.3) is 0 Å². The van der Waals surface area contributed by atoms with Crippen LogP contribution >= 0.6 is 0 Å². The summed E-state index contributed by atoms with van der Waals surface area (Å²) in [4.78, 5) is 0. The van der Waals surface area contributed by atoms with E-state index in [9.17, 15) is 15.3 Å². The number of phenols is 3. The van der Waals surface area contributed by atoms with Crippen molar-refractivity contribution in [1.29, 1.82) is 0 Å². The van der Waals surface area contributed by atoms with Crippen molar-refractivity contribution < 1.29 is 20.4 Å². The van der Waals surface area contributed by atoms with Gasteiger partial charge in [0.05, 0.1) is 6.10 Å². The molecule has 0 amide bonds. The van der Waals surface area contributed by atoms with Crippen molar-refractivity contribution in [2.75, 3.05) is 6.54 Å². The fraction of sp³-hybridized carbons (Fsp3) is 0.500. The van der Waals surface area contributed by atoms with E-state index in [1.54, 1.807) is 0 Å². The average Bonchev–Trinajstić information content (AvgIpc) is 2.33. The Hall–Kier alpha value is -1.46. The van der Waals surface area contributed by atoms with Gasteiger partial charge in [0.15, 0.2) is 11.5 Å². The largest absolute Gasteiger partial charge is 0.504 e. The zero-order valence-corrected chi connectivity index (χ0v) is 9.85. The molecule has 0 aromatic heterocycles. The number of aliphatic hydroxyl groups is 1. The van der Waals surface area contributed by atoms with Gasteiger partial charge in [-0.3, -0.25) is 0 Å². The SMILES string of the molecule is CCC(O)CCNCc1ccc(O)c(O)c1O. The van der Waals surface area contributed by atoms with Gasteiger partial charge < -0.3 is 25.7 Å². The molecule has 0 radical (unpaired) electrons. The van der Waals surface area contributed by atoms with E-state index in [4.69, 9.17) is 5.11 Å². The van der Waals surface area contributed by atoms with E-state index < -0.39 is 5.75 Å². The van der Waals surface area contributed by atoms with Gasteiger partial charge >= 0.3 is 0 Å². The summed E-state index contributed by atoms with van der Waals surface area (Å²) >= 11 is 0. The molecule has 0 bridgehead atoms. The lowest BCUT2D eigenvalue weighted by Crippen LogP contribution is -2.19. The molecule has 1 aromatic rings. The van der Waals surface area contributed by atoms with Crippen LogP contribution in [0.25, 0.3) is 0 Å². The Morgan fingerprint density at radius 1 is 1.18 bits per heavy atom. The molecule has 0 aliphatic carbocycles. The Bertz CT molecular complexity index is 368. The smallest absolute Gasteiger partial charge is 0.200 e. The Morgan fingerprint density at radius 2 is 1.88 bits per heavy atom. The highest BCUT2D eigenvalue weighted by molar-refractivity contribution is 5.52. The molecule has 0 saturated heterocycles. The number of hydrogen-bond acceptors (Lipinski definition) is 5. The van der Waals surface area contributed by atoms with Gasteiger partial charge in [-0.25, -0.2) is 0 Å². The number of benzene rings is 1. The van der Waals surface area contributed by atoms with Crippen molar-refractivity contribution in [3.8, 4) is 17.2 Å². The molecular formula is C12H19NO4. The van der Waals surface area contributed by atoms with Crippen LogP contribution in [0.15, 0.2) is 12.1 Å². The summed E-state index contributed by atoms with van der Waals surface area (Å²) in [7, 11) is 0. The second-order valence-electron chi connectivity index (χ2n) is 3.97. The third-order valence-electron chi connectivity index (χ3n) is 2.65. The molecule has 5 nitrogen and oxygen atoms in total. The van der Waals surface area contributed by atoms with Crippen molar-refractivity contribution in [2.45, 2.75) is 32.4 Å². The first-order valence-corrected chi connectivity index (χ1v) is 5.67.